The fraction of sp³-hybridized carbons (Fsp3) is 0.400. The Kier molecular flexibility index (Phi) is 10.4. The molecule has 12 heteroatoms. The van der Waals surface area contributed by atoms with E-state index in [-0.39, 0.29) is 36.1 Å². The molecule has 0 saturated carbocycles. The maximum atomic E-state index is 12.6. The Bertz CT molecular complexity index is 974. The highest BCUT2D eigenvalue weighted by atomic mass is 32.2. The second kappa shape index (κ2) is 12.7. The number of ether oxygens (including phenoxy) is 2. The number of anilines is 2. The Morgan fingerprint density at radius 3 is 2.22 bits per heavy atom. The first-order chi connectivity index (χ1) is 15.3. The van der Waals surface area contributed by atoms with E-state index in [0.717, 1.165) is 16.9 Å². The van der Waals surface area contributed by atoms with Crippen LogP contribution in [0.2, 0.25) is 0 Å². The van der Waals surface area contributed by atoms with E-state index in [1.54, 1.807) is 23.1 Å². The first kappa shape index (κ1) is 26.0. The monoisotopic (exact) mass is 487 g/mol. The molecule has 0 atom stereocenters. The summed E-state index contributed by atoms with van der Waals surface area (Å²) in [7, 11) is -0.562. The first-order valence-corrected chi connectivity index (χ1v) is 12.1. The number of nitrogens with zero attached hydrogens (tertiary/aromatic N) is 1. The lowest BCUT2D eigenvalue weighted by Crippen LogP contribution is -2.34. The quantitative estimate of drug-likeness (QED) is 0.117. The van der Waals surface area contributed by atoms with Gasteiger partial charge >= 0.3 is 0 Å². The number of sulfone groups is 1. The molecule has 5 N–H and O–H groups in total. The second-order valence-electron chi connectivity index (χ2n) is 6.66. The van der Waals surface area contributed by atoms with E-state index >= 15 is 0 Å². The molecule has 0 aliphatic heterocycles. The molecule has 0 unspecified atom stereocenters. The normalized spacial score (nSPS) is 11.6. The van der Waals surface area contributed by atoms with Crippen LogP contribution in [0.15, 0.2) is 46.2 Å². The first-order valence-electron chi connectivity index (χ1n) is 9.70. The van der Waals surface area contributed by atoms with Gasteiger partial charge in [0.15, 0.2) is 9.84 Å². The van der Waals surface area contributed by atoms with E-state index in [4.69, 9.17) is 30.2 Å². The number of benzene rings is 2. The van der Waals surface area contributed by atoms with Crippen LogP contribution in [0.1, 0.15) is 0 Å². The van der Waals surface area contributed by atoms with E-state index in [1.807, 2.05) is 0 Å². The maximum absolute atomic E-state index is 12.6. The molecule has 2 aromatic rings. The van der Waals surface area contributed by atoms with Gasteiger partial charge in [-0.3, -0.25) is 4.90 Å². The molecule has 0 aliphatic rings. The molecule has 0 fully saturated rings. The van der Waals surface area contributed by atoms with Crippen LogP contribution >= 0.6 is 12.0 Å². The van der Waals surface area contributed by atoms with Gasteiger partial charge in [-0.05, 0) is 36.4 Å². The lowest BCUT2D eigenvalue weighted by atomic mass is 10.3. The van der Waals surface area contributed by atoms with Crippen LogP contribution in [-0.4, -0.2) is 71.2 Å². The molecule has 0 aliphatic carbocycles. The van der Waals surface area contributed by atoms with Gasteiger partial charge in [0.1, 0.15) is 11.5 Å². The van der Waals surface area contributed by atoms with Crippen molar-refractivity contribution < 1.29 is 32.2 Å². The highest BCUT2D eigenvalue weighted by Gasteiger charge is 2.18. The molecule has 0 spiro atoms. The van der Waals surface area contributed by atoms with E-state index in [9.17, 15) is 13.5 Å². The van der Waals surface area contributed by atoms with Crippen molar-refractivity contribution in [3.8, 4) is 11.5 Å². The van der Waals surface area contributed by atoms with Gasteiger partial charge in [0.05, 0.1) is 61.5 Å². The van der Waals surface area contributed by atoms with Crippen LogP contribution in [0.3, 0.4) is 0 Å². The molecule has 0 bridgehead atoms. The third-order valence-electron chi connectivity index (χ3n) is 4.52. The minimum absolute atomic E-state index is 0.115. The molecule has 0 radical (unpaired) electrons. The average molecular weight is 488 g/mol. The lowest BCUT2D eigenvalue weighted by molar-refractivity contribution is -0.193. The summed E-state index contributed by atoms with van der Waals surface area (Å²) in [6.45, 7) is 0.933. The van der Waals surface area contributed by atoms with E-state index in [1.165, 1.54) is 32.4 Å². The molecule has 32 heavy (non-hydrogen) atoms. The van der Waals surface area contributed by atoms with Crippen LogP contribution in [0.25, 0.3) is 0 Å². The van der Waals surface area contributed by atoms with Gasteiger partial charge in [-0.25, -0.2) is 13.3 Å². The fourth-order valence-electron chi connectivity index (χ4n) is 2.78. The number of rotatable bonds is 14. The third-order valence-corrected chi connectivity index (χ3v) is 6.83. The van der Waals surface area contributed by atoms with Gasteiger partial charge < -0.3 is 26.0 Å². The zero-order chi connectivity index (χ0) is 23.6. The van der Waals surface area contributed by atoms with Crippen LogP contribution < -0.4 is 20.9 Å². The van der Waals surface area contributed by atoms with Gasteiger partial charge in [0.25, 0.3) is 0 Å². The third kappa shape index (κ3) is 7.73. The van der Waals surface area contributed by atoms with Crippen molar-refractivity contribution in [3.05, 3.63) is 36.4 Å². The van der Waals surface area contributed by atoms with E-state index in [2.05, 4.69) is 0 Å². The van der Waals surface area contributed by atoms with Crippen LogP contribution in [0.4, 0.5) is 11.4 Å². The van der Waals surface area contributed by atoms with Gasteiger partial charge in [0.2, 0.25) is 0 Å². The van der Waals surface area contributed by atoms with Crippen molar-refractivity contribution in [2.24, 2.45) is 0 Å². The van der Waals surface area contributed by atoms with Gasteiger partial charge in [0, 0.05) is 24.5 Å². The van der Waals surface area contributed by atoms with Crippen molar-refractivity contribution in [2.75, 3.05) is 64.3 Å². The Balaban J connectivity index is 1.80. The molecule has 0 aromatic heterocycles. The molecule has 0 amide bonds. The summed E-state index contributed by atoms with van der Waals surface area (Å²) in [5, 5.41) is 9.28. The van der Waals surface area contributed by atoms with E-state index in [0.29, 0.717) is 30.3 Å². The summed E-state index contributed by atoms with van der Waals surface area (Å²) in [6.07, 6.45) is 0. The number of hydrogen-bond acceptors (Lipinski definition) is 11. The maximum Gasteiger partial charge on any atom is 0.179 e. The molecular weight excluding hydrogens is 458 g/mol. The van der Waals surface area contributed by atoms with Gasteiger partial charge in [-0.15, -0.1) is 0 Å². The number of aliphatic hydroxyl groups excluding tert-OH is 1. The van der Waals surface area contributed by atoms with Crippen molar-refractivity contribution in [1.29, 1.82) is 0 Å². The standard InChI is InChI=1S/C20H29N3O7S2/c1-27-19-5-3-15(13-17(19)21)31-30-29-11-8-23(7-10-24)9-12-32(25,26)16-4-6-20(28-2)18(22)14-16/h3-6,13-14,24H,7-12,21-22H2,1-2H3. The molecule has 10 nitrogen and oxygen atoms in total. The van der Waals surface area contributed by atoms with Crippen molar-refractivity contribution >= 4 is 33.3 Å². The Hall–Kier alpha value is -2.22. The number of hydrogen-bond donors (Lipinski definition) is 3. The topological polar surface area (TPSA) is 147 Å². The lowest BCUT2D eigenvalue weighted by Gasteiger charge is -2.20. The summed E-state index contributed by atoms with van der Waals surface area (Å²) in [6, 6.07) is 9.55. The summed E-state index contributed by atoms with van der Waals surface area (Å²) in [5.74, 6) is 0.847. The Morgan fingerprint density at radius 2 is 1.62 bits per heavy atom. The summed E-state index contributed by atoms with van der Waals surface area (Å²) < 4.78 is 40.5. The minimum Gasteiger partial charge on any atom is -0.495 e. The van der Waals surface area contributed by atoms with Crippen LogP contribution in [-0.2, 0) is 19.1 Å². The Labute approximate surface area is 192 Å². The molecule has 2 rings (SSSR count). The zero-order valence-electron chi connectivity index (χ0n) is 18.0. The SMILES string of the molecule is COc1ccc(SOOCCN(CCO)CCS(=O)(=O)c2ccc(OC)c(N)c2)cc1N. The summed E-state index contributed by atoms with van der Waals surface area (Å²) >= 11 is 0.994. The molecule has 178 valence electrons. The fourth-order valence-corrected chi connectivity index (χ4v) is 4.59. The zero-order valence-corrected chi connectivity index (χ0v) is 19.7. The second-order valence-corrected chi connectivity index (χ2v) is 9.55. The number of aliphatic hydroxyl groups is 1. The van der Waals surface area contributed by atoms with Crippen molar-refractivity contribution in [3.63, 3.8) is 0 Å². The highest BCUT2D eigenvalue weighted by Crippen LogP contribution is 2.28. The summed E-state index contributed by atoms with van der Waals surface area (Å²) in [5.41, 5.74) is 12.4. The number of nitrogens with two attached hydrogens (primary N) is 2. The van der Waals surface area contributed by atoms with Crippen LogP contribution in [0.5, 0.6) is 11.5 Å². The van der Waals surface area contributed by atoms with Crippen LogP contribution in [0, 0.1) is 0 Å². The van der Waals surface area contributed by atoms with Crippen molar-refractivity contribution in [1.82, 2.24) is 4.90 Å². The molecule has 0 saturated heterocycles. The molecular formula is C20H29N3O7S2. The highest BCUT2D eigenvalue weighted by molar-refractivity contribution is 7.94. The summed E-state index contributed by atoms with van der Waals surface area (Å²) in [4.78, 5) is 7.78. The van der Waals surface area contributed by atoms with Gasteiger partial charge in [-0.1, -0.05) is 0 Å². The number of nitrogen functional groups attached to an aromatic ring is 2. The van der Waals surface area contributed by atoms with E-state index < -0.39 is 9.84 Å². The smallest absolute Gasteiger partial charge is 0.179 e. The molecule has 0 heterocycles. The largest absolute Gasteiger partial charge is 0.495 e. The predicted molar refractivity (Wildman–Crippen MR) is 123 cm³/mol. The minimum atomic E-state index is -3.56. The van der Waals surface area contributed by atoms with Crippen molar-refractivity contribution in [2.45, 2.75) is 9.79 Å². The molecule has 2 aromatic carbocycles. The predicted octanol–water partition coefficient (Wildman–Crippen LogP) is 1.59. The number of methoxy groups -OCH3 is 2. The Morgan fingerprint density at radius 1 is 0.969 bits per heavy atom. The van der Waals surface area contributed by atoms with Gasteiger partial charge in [-0.2, -0.15) is 4.33 Å². The average Bonchev–Trinajstić information content (AvgIpc) is 2.77.